The Morgan fingerprint density at radius 2 is 1.71 bits per heavy atom. The van der Waals surface area contributed by atoms with E-state index in [2.05, 4.69) is 24.8 Å². The van der Waals surface area contributed by atoms with Crippen molar-refractivity contribution in [3.63, 3.8) is 0 Å². The van der Waals surface area contributed by atoms with Crippen LogP contribution in [0.4, 0.5) is 0 Å². The van der Waals surface area contributed by atoms with Crippen LogP contribution in [0.3, 0.4) is 0 Å². The van der Waals surface area contributed by atoms with Crippen LogP contribution < -0.4 is 4.74 Å². The molecule has 0 saturated carbocycles. The number of nitrogens with zero attached hydrogens (tertiary/aromatic N) is 2. The second kappa shape index (κ2) is 6.94. The molecule has 0 N–H and O–H groups in total. The van der Waals surface area contributed by atoms with Crippen molar-refractivity contribution in [1.82, 2.24) is 9.80 Å². The second-order valence-corrected chi connectivity index (χ2v) is 5.76. The van der Waals surface area contributed by atoms with Crippen LogP contribution in [0.1, 0.15) is 23.6 Å². The number of carbonyl (C=O) groups is 1. The molecule has 116 valence electrons. The van der Waals surface area contributed by atoms with Gasteiger partial charge in [0, 0.05) is 26.2 Å². The quantitative estimate of drug-likeness (QED) is 0.852. The maximum Gasteiger partial charge on any atom is 0.260 e. The summed E-state index contributed by atoms with van der Waals surface area (Å²) in [5.41, 5.74) is 3.40. The Balaban J connectivity index is 1.92. The van der Waals surface area contributed by atoms with E-state index in [1.807, 2.05) is 24.8 Å². The summed E-state index contributed by atoms with van der Waals surface area (Å²) in [4.78, 5) is 16.5. The number of ether oxygens (including phenoxy) is 1. The minimum atomic E-state index is 0.0889. The monoisotopic (exact) mass is 290 g/mol. The van der Waals surface area contributed by atoms with E-state index in [9.17, 15) is 4.79 Å². The molecule has 21 heavy (non-hydrogen) atoms. The summed E-state index contributed by atoms with van der Waals surface area (Å²) in [6.45, 7) is 13.0. The van der Waals surface area contributed by atoms with E-state index in [0.29, 0.717) is 0 Å². The van der Waals surface area contributed by atoms with Crippen LogP contribution in [-0.4, -0.2) is 55.0 Å². The number of hydrogen-bond donors (Lipinski definition) is 0. The highest BCUT2D eigenvalue weighted by atomic mass is 16.5. The van der Waals surface area contributed by atoms with E-state index in [-0.39, 0.29) is 12.5 Å². The third-order valence-electron chi connectivity index (χ3n) is 4.39. The van der Waals surface area contributed by atoms with Gasteiger partial charge in [-0.2, -0.15) is 0 Å². The van der Waals surface area contributed by atoms with Crippen LogP contribution in [-0.2, 0) is 4.79 Å². The fourth-order valence-electron chi connectivity index (χ4n) is 2.69. The van der Waals surface area contributed by atoms with Crippen LogP contribution in [0, 0.1) is 20.8 Å². The standard InChI is InChI=1S/C17H26N2O2/c1-5-18-8-10-19(11-9-18)16(20)12-21-17-14(3)7-6-13(2)15(17)4/h6-7H,5,8-12H2,1-4H3. The number of rotatable bonds is 4. The van der Waals surface area contributed by atoms with Crippen LogP contribution in [0.2, 0.25) is 0 Å². The smallest absolute Gasteiger partial charge is 0.260 e. The van der Waals surface area contributed by atoms with E-state index < -0.39 is 0 Å². The molecule has 1 aromatic carbocycles. The van der Waals surface area contributed by atoms with Crippen LogP contribution in [0.5, 0.6) is 5.75 Å². The molecule has 1 fully saturated rings. The van der Waals surface area contributed by atoms with Gasteiger partial charge in [0.1, 0.15) is 5.75 Å². The molecular weight excluding hydrogens is 264 g/mol. The topological polar surface area (TPSA) is 32.8 Å². The molecule has 0 aromatic heterocycles. The molecule has 4 heteroatoms. The SMILES string of the molecule is CCN1CCN(C(=O)COc2c(C)ccc(C)c2C)CC1. The summed E-state index contributed by atoms with van der Waals surface area (Å²) in [5.74, 6) is 0.946. The molecule has 1 heterocycles. The van der Waals surface area contributed by atoms with Gasteiger partial charge in [-0.3, -0.25) is 4.79 Å². The maximum absolute atomic E-state index is 12.3. The highest BCUT2D eigenvalue weighted by molar-refractivity contribution is 5.78. The van der Waals surface area contributed by atoms with E-state index in [1.54, 1.807) is 0 Å². The molecule has 4 nitrogen and oxygen atoms in total. The first-order chi connectivity index (χ1) is 10.0. The summed E-state index contributed by atoms with van der Waals surface area (Å²) in [5, 5.41) is 0. The van der Waals surface area contributed by atoms with Crippen molar-refractivity contribution in [3.8, 4) is 5.75 Å². The molecular formula is C17H26N2O2. The summed E-state index contributed by atoms with van der Waals surface area (Å²) < 4.78 is 5.81. The molecule has 1 amide bonds. The average molecular weight is 290 g/mol. The van der Waals surface area contributed by atoms with Crippen molar-refractivity contribution in [2.24, 2.45) is 0 Å². The number of carbonyl (C=O) groups excluding carboxylic acids is 1. The number of amides is 1. The Morgan fingerprint density at radius 1 is 1.10 bits per heavy atom. The summed E-state index contributed by atoms with van der Waals surface area (Å²) in [6, 6.07) is 4.13. The molecule has 2 rings (SSSR count). The lowest BCUT2D eigenvalue weighted by molar-refractivity contribution is -0.135. The first-order valence-electron chi connectivity index (χ1n) is 7.72. The van der Waals surface area contributed by atoms with Crippen LogP contribution >= 0.6 is 0 Å². The Labute approximate surface area is 127 Å². The third-order valence-corrected chi connectivity index (χ3v) is 4.39. The minimum Gasteiger partial charge on any atom is -0.483 e. The van der Waals surface area contributed by atoms with Crippen molar-refractivity contribution in [1.29, 1.82) is 0 Å². The van der Waals surface area contributed by atoms with Gasteiger partial charge in [0.2, 0.25) is 0 Å². The number of aryl methyl sites for hydroxylation is 2. The Kier molecular flexibility index (Phi) is 5.23. The Hall–Kier alpha value is -1.55. The van der Waals surface area contributed by atoms with Crippen LogP contribution in [0.25, 0.3) is 0 Å². The lowest BCUT2D eigenvalue weighted by Crippen LogP contribution is -2.49. The molecule has 1 aromatic rings. The Morgan fingerprint density at radius 3 is 2.33 bits per heavy atom. The number of likely N-dealkylation sites (N-methyl/N-ethyl adjacent to an activating group) is 1. The third kappa shape index (κ3) is 3.76. The van der Waals surface area contributed by atoms with Crippen molar-refractivity contribution in [2.45, 2.75) is 27.7 Å². The van der Waals surface area contributed by atoms with Gasteiger partial charge in [0.05, 0.1) is 0 Å². The first-order valence-corrected chi connectivity index (χ1v) is 7.72. The largest absolute Gasteiger partial charge is 0.483 e. The van der Waals surface area contributed by atoms with Gasteiger partial charge in [0.25, 0.3) is 5.91 Å². The maximum atomic E-state index is 12.3. The highest BCUT2D eigenvalue weighted by Crippen LogP contribution is 2.25. The van der Waals surface area contributed by atoms with E-state index in [0.717, 1.165) is 49.6 Å². The predicted molar refractivity (Wildman–Crippen MR) is 84.8 cm³/mol. The minimum absolute atomic E-state index is 0.0889. The molecule has 1 saturated heterocycles. The number of hydrogen-bond acceptors (Lipinski definition) is 3. The second-order valence-electron chi connectivity index (χ2n) is 5.76. The van der Waals surface area contributed by atoms with Gasteiger partial charge >= 0.3 is 0 Å². The van der Waals surface area contributed by atoms with E-state index >= 15 is 0 Å². The van der Waals surface area contributed by atoms with Crippen molar-refractivity contribution in [2.75, 3.05) is 39.3 Å². The van der Waals surface area contributed by atoms with Crippen molar-refractivity contribution in [3.05, 3.63) is 28.8 Å². The molecule has 0 atom stereocenters. The molecule has 0 radical (unpaired) electrons. The van der Waals surface area contributed by atoms with Crippen molar-refractivity contribution < 1.29 is 9.53 Å². The highest BCUT2D eigenvalue weighted by Gasteiger charge is 2.20. The fraction of sp³-hybridized carbons (Fsp3) is 0.588. The fourth-order valence-corrected chi connectivity index (χ4v) is 2.69. The van der Waals surface area contributed by atoms with Gasteiger partial charge in [0.15, 0.2) is 6.61 Å². The normalized spacial score (nSPS) is 16.1. The van der Waals surface area contributed by atoms with Gasteiger partial charge in [-0.1, -0.05) is 19.1 Å². The average Bonchev–Trinajstić information content (AvgIpc) is 2.51. The van der Waals surface area contributed by atoms with Crippen molar-refractivity contribution >= 4 is 5.91 Å². The summed E-state index contributed by atoms with van der Waals surface area (Å²) in [7, 11) is 0. The molecule has 0 bridgehead atoms. The lowest BCUT2D eigenvalue weighted by atomic mass is 10.1. The molecule has 0 aliphatic carbocycles. The summed E-state index contributed by atoms with van der Waals surface area (Å²) in [6.07, 6.45) is 0. The number of benzene rings is 1. The molecule has 1 aliphatic heterocycles. The van der Waals surface area contributed by atoms with E-state index in [1.165, 1.54) is 5.56 Å². The summed E-state index contributed by atoms with van der Waals surface area (Å²) >= 11 is 0. The molecule has 0 spiro atoms. The lowest BCUT2D eigenvalue weighted by Gasteiger charge is -2.34. The van der Waals surface area contributed by atoms with Gasteiger partial charge < -0.3 is 14.5 Å². The van der Waals surface area contributed by atoms with E-state index in [4.69, 9.17) is 4.74 Å². The first kappa shape index (κ1) is 15.8. The van der Waals surface area contributed by atoms with Crippen LogP contribution in [0.15, 0.2) is 12.1 Å². The zero-order valence-electron chi connectivity index (χ0n) is 13.6. The zero-order chi connectivity index (χ0) is 15.4. The Bertz CT molecular complexity index is 506. The molecule has 1 aliphatic rings. The predicted octanol–water partition coefficient (Wildman–Crippen LogP) is 2.15. The molecule has 0 unspecified atom stereocenters. The van der Waals surface area contributed by atoms with Gasteiger partial charge in [-0.15, -0.1) is 0 Å². The van der Waals surface area contributed by atoms with Gasteiger partial charge in [-0.25, -0.2) is 0 Å². The van der Waals surface area contributed by atoms with Gasteiger partial charge in [-0.05, 0) is 44.0 Å². The number of piperazine rings is 1. The zero-order valence-corrected chi connectivity index (χ0v) is 13.6.